The Labute approximate surface area is 53.3 Å². The molecule has 0 unspecified atom stereocenters. The molecule has 1 aromatic rings. The van der Waals surface area contributed by atoms with Crippen molar-refractivity contribution in [2.24, 2.45) is 0 Å². The summed E-state index contributed by atoms with van der Waals surface area (Å²) in [5.74, 6) is 0.569. The number of nitrogens with two attached hydrogens (primary N) is 1. The van der Waals surface area contributed by atoms with Crippen LogP contribution in [0.5, 0.6) is 0 Å². The number of H-pyrrole nitrogens is 1. The molecule has 9 heavy (non-hydrogen) atoms. The summed E-state index contributed by atoms with van der Waals surface area (Å²) in [5.41, 5.74) is 7.84. The highest BCUT2D eigenvalue weighted by molar-refractivity contribution is 5.28. The molecule has 0 radical (unpaired) electrons. The van der Waals surface area contributed by atoms with E-state index in [9.17, 15) is 0 Å². The number of nitrogens with one attached hydrogen (secondary N) is 1. The predicted molar refractivity (Wildman–Crippen MR) is 35.0 cm³/mol. The Morgan fingerprint density at radius 2 is 2.33 bits per heavy atom. The lowest BCUT2D eigenvalue weighted by molar-refractivity contribution is 0.879. The second-order valence-corrected chi connectivity index (χ2v) is 2.40. The van der Waals surface area contributed by atoms with Crippen LogP contribution < -0.4 is 5.73 Å². The zero-order valence-corrected chi connectivity index (χ0v) is 5.15. The zero-order valence-electron chi connectivity index (χ0n) is 5.15. The molecule has 3 heteroatoms. The van der Waals surface area contributed by atoms with Crippen molar-refractivity contribution in [1.82, 2.24) is 9.97 Å². The maximum absolute atomic E-state index is 5.42. The fourth-order valence-electron chi connectivity index (χ4n) is 1.31. The fourth-order valence-corrected chi connectivity index (χ4v) is 1.31. The molecule has 1 aliphatic carbocycles. The maximum Gasteiger partial charge on any atom is 0.197 e. The molecule has 1 aliphatic rings. The molecular formula is C6H9N3. The van der Waals surface area contributed by atoms with Gasteiger partial charge in [0.25, 0.3) is 0 Å². The van der Waals surface area contributed by atoms with Crippen molar-refractivity contribution < 1.29 is 0 Å². The van der Waals surface area contributed by atoms with Crippen LogP contribution in [0.25, 0.3) is 0 Å². The monoisotopic (exact) mass is 123 g/mol. The van der Waals surface area contributed by atoms with Gasteiger partial charge in [0.15, 0.2) is 5.95 Å². The van der Waals surface area contributed by atoms with E-state index in [4.69, 9.17) is 5.73 Å². The molecule has 3 N–H and O–H groups in total. The smallest absolute Gasteiger partial charge is 0.197 e. The minimum atomic E-state index is 0.569. The number of nitrogen functional groups attached to an aromatic ring is 1. The molecule has 0 aliphatic heterocycles. The van der Waals surface area contributed by atoms with Gasteiger partial charge in [-0.3, -0.25) is 0 Å². The van der Waals surface area contributed by atoms with Crippen LogP contribution in [0.1, 0.15) is 17.8 Å². The quantitative estimate of drug-likeness (QED) is 0.527. The van der Waals surface area contributed by atoms with Crippen molar-refractivity contribution >= 4 is 5.95 Å². The first kappa shape index (κ1) is 4.85. The molecule has 0 aromatic carbocycles. The van der Waals surface area contributed by atoms with Crippen LogP contribution in [0.15, 0.2) is 0 Å². The van der Waals surface area contributed by atoms with E-state index in [1.165, 1.54) is 17.8 Å². The third-order valence-corrected chi connectivity index (χ3v) is 1.72. The van der Waals surface area contributed by atoms with E-state index in [0.29, 0.717) is 5.95 Å². The third-order valence-electron chi connectivity index (χ3n) is 1.72. The van der Waals surface area contributed by atoms with Crippen molar-refractivity contribution in [1.29, 1.82) is 0 Å². The van der Waals surface area contributed by atoms with Gasteiger partial charge < -0.3 is 10.7 Å². The van der Waals surface area contributed by atoms with Gasteiger partial charge in [-0.2, -0.15) is 0 Å². The highest BCUT2D eigenvalue weighted by atomic mass is 15.0. The van der Waals surface area contributed by atoms with E-state index in [0.717, 1.165) is 12.8 Å². The lowest BCUT2D eigenvalue weighted by atomic mass is 10.4. The Bertz CT molecular complexity index is 205. The Hall–Kier alpha value is -0.990. The second-order valence-electron chi connectivity index (χ2n) is 2.40. The van der Waals surface area contributed by atoms with Crippen molar-refractivity contribution in [2.45, 2.75) is 19.3 Å². The van der Waals surface area contributed by atoms with Gasteiger partial charge in [-0.1, -0.05) is 0 Å². The molecule has 0 saturated heterocycles. The minimum Gasteiger partial charge on any atom is -0.369 e. The number of anilines is 1. The molecule has 1 aromatic heterocycles. The van der Waals surface area contributed by atoms with Gasteiger partial charge >= 0.3 is 0 Å². The van der Waals surface area contributed by atoms with E-state index in [-0.39, 0.29) is 0 Å². The maximum atomic E-state index is 5.42. The summed E-state index contributed by atoms with van der Waals surface area (Å²) in [6.45, 7) is 0. The summed E-state index contributed by atoms with van der Waals surface area (Å²) in [6, 6.07) is 0. The van der Waals surface area contributed by atoms with Crippen LogP contribution in [-0.2, 0) is 12.8 Å². The number of hydrogen-bond acceptors (Lipinski definition) is 2. The summed E-state index contributed by atoms with van der Waals surface area (Å²) >= 11 is 0. The van der Waals surface area contributed by atoms with Gasteiger partial charge in [0.2, 0.25) is 0 Å². The molecule has 0 amide bonds. The van der Waals surface area contributed by atoms with Crippen LogP contribution >= 0.6 is 0 Å². The first-order valence-corrected chi connectivity index (χ1v) is 3.19. The number of fused-ring (bicyclic) bond motifs is 1. The number of rotatable bonds is 0. The first-order valence-electron chi connectivity index (χ1n) is 3.19. The Balaban J connectivity index is 2.51. The van der Waals surface area contributed by atoms with Crippen molar-refractivity contribution in [3.05, 3.63) is 11.4 Å². The van der Waals surface area contributed by atoms with E-state index < -0.39 is 0 Å². The molecule has 2 rings (SSSR count). The topological polar surface area (TPSA) is 54.7 Å². The Morgan fingerprint density at radius 3 is 3.11 bits per heavy atom. The zero-order chi connectivity index (χ0) is 6.27. The average molecular weight is 123 g/mol. The molecule has 0 bridgehead atoms. The highest BCUT2D eigenvalue weighted by Gasteiger charge is 2.13. The van der Waals surface area contributed by atoms with Crippen LogP contribution in [0.3, 0.4) is 0 Å². The lowest BCUT2D eigenvalue weighted by Gasteiger charge is -1.82. The molecular weight excluding hydrogens is 114 g/mol. The Morgan fingerprint density at radius 1 is 1.44 bits per heavy atom. The number of nitrogens with zero attached hydrogens (tertiary/aromatic N) is 1. The average Bonchev–Trinajstić information content (AvgIpc) is 2.22. The Kier molecular flexibility index (Phi) is 0.806. The van der Waals surface area contributed by atoms with Crippen LogP contribution in [-0.4, -0.2) is 9.97 Å². The molecule has 0 saturated carbocycles. The summed E-state index contributed by atoms with van der Waals surface area (Å²) in [5, 5.41) is 0. The molecule has 0 atom stereocenters. The van der Waals surface area contributed by atoms with Gasteiger partial charge in [-0.15, -0.1) is 0 Å². The largest absolute Gasteiger partial charge is 0.369 e. The van der Waals surface area contributed by atoms with E-state index >= 15 is 0 Å². The van der Waals surface area contributed by atoms with Gasteiger partial charge in [0, 0.05) is 5.69 Å². The van der Waals surface area contributed by atoms with E-state index in [1.54, 1.807) is 0 Å². The SMILES string of the molecule is Nc1nc2c([nH]1)CCC2. The number of aromatic nitrogens is 2. The standard InChI is InChI=1S/C6H9N3/c7-6-8-4-2-1-3-5(4)9-6/h1-3H2,(H3,7,8,9). The molecule has 1 heterocycles. The van der Waals surface area contributed by atoms with Crippen molar-refractivity contribution in [2.75, 3.05) is 5.73 Å². The molecule has 0 fully saturated rings. The van der Waals surface area contributed by atoms with Crippen molar-refractivity contribution in [3.8, 4) is 0 Å². The summed E-state index contributed by atoms with van der Waals surface area (Å²) in [4.78, 5) is 7.14. The second kappa shape index (κ2) is 1.50. The number of imidazole rings is 1. The predicted octanol–water partition coefficient (Wildman–Crippen LogP) is 0.481. The molecule has 0 spiro atoms. The number of aryl methyl sites for hydroxylation is 2. The third kappa shape index (κ3) is 0.608. The highest BCUT2D eigenvalue weighted by Crippen LogP contribution is 2.19. The number of aromatic amines is 1. The summed E-state index contributed by atoms with van der Waals surface area (Å²) in [7, 11) is 0. The number of hydrogen-bond donors (Lipinski definition) is 2. The van der Waals surface area contributed by atoms with Gasteiger partial charge in [-0.25, -0.2) is 4.98 Å². The minimum absolute atomic E-state index is 0.569. The van der Waals surface area contributed by atoms with Crippen LogP contribution in [0.4, 0.5) is 5.95 Å². The normalized spacial score (nSPS) is 16.0. The molecule has 3 nitrogen and oxygen atoms in total. The van der Waals surface area contributed by atoms with Crippen LogP contribution in [0.2, 0.25) is 0 Å². The van der Waals surface area contributed by atoms with Crippen molar-refractivity contribution in [3.63, 3.8) is 0 Å². The van der Waals surface area contributed by atoms with Gasteiger partial charge in [0.1, 0.15) is 0 Å². The molecule has 48 valence electrons. The van der Waals surface area contributed by atoms with Gasteiger partial charge in [-0.05, 0) is 19.3 Å². The van der Waals surface area contributed by atoms with Crippen LogP contribution in [0, 0.1) is 0 Å². The summed E-state index contributed by atoms with van der Waals surface area (Å²) in [6.07, 6.45) is 3.46. The van der Waals surface area contributed by atoms with Gasteiger partial charge in [0.05, 0.1) is 5.69 Å². The summed E-state index contributed by atoms with van der Waals surface area (Å²) < 4.78 is 0. The fraction of sp³-hybridized carbons (Fsp3) is 0.500. The van der Waals surface area contributed by atoms with E-state index in [1.807, 2.05) is 0 Å². The first-order chi connectivity index (χ1) is 4.36. The lowest BCUT2D eigenvalue weighted by Crippen LogP contribution is -1.88. The van der Waals surface area contributed by atoms with E-state index in [2.05, 4.69) is 9.97 Å².